The van der Waals surface area contributed by atoms with Crippen molar-refractivity contribution < 1.29 is 24.6 Å². The molecule has 34 heavy (non-hydrogen) atoms. The highest BCUT2D eigenvalue weighted by molar-refractivity contribution is 5.96. The number of aliphatic hydroxyl groups excluding tert-OH is 1. The van der Waals surface area contributed by atoms with E-state index in [4.69, 9.17) is 4.84 Å². The minimum absolute atomic E-state index is 0.100. The van der Waals surface area contributed by atoms with E-state index in [0.717, 1.165) is 44.2 Å². The maximum absolute atomic E-state index is 12.2. The zero-order valence-corrected chi connectivity index (χ0v) is 21.2. The molecule has 190 valence electrons. The van der Waals surface area contributed by atoms with Gasteiger partial charge in [-0.05, 0) is 91.9 Å². The van der Waals surface area contributed by atoms with Crippen LogP contribution >= 0.6 is 0 Å². The Morgan fingerprint density at radius 2 is 1.94 bits per heavy atom. The zero-order valence-electron chi connectivity index (χ0n) is 21.2. The van der Waals surface area contributed by atoms with E-state index in [2.05, 4.69) is 30.4 Å². The van der Waals surface area contributed by atoms with Crippen molar-refractivity contribution >= 4 is 17.6 Å². The van der Waals surface area contributed by atoms with Crippen LogP contribution in [0.4, 0.5) is 0 Å². The largest absolute Gasteiger partial charge is 0.480 e. The second kappa shape index (κ2) is 9.63. The molecule has 0 heterocycles. The molecule has 0 saturated heterocycles. The number of nitrogens with one attached hydrogen (secondary N) is 1. The van der Waals surface area contributed by atoms with Crippen molar-refractivity contribution in [3.05, 3.63) is 11.6 Å². The van der Waals surface area contributed by atoms with Gasteiger partial charge in [-0.1, -0.05) is 44.8 Å². The molecule has 7 heteroatoms. The first-order valence-electron chi connectivity index (χ1n) is 13.2. The third kappa shape index (κ3) is 4.40. The van der Waals surface area contributed by atoms with Crippen LogP contribution in [-0.2, 0) is 14.4 Å². The molecule has 8 atom stereocenters. The lowest BCUT2D eigenvalue weighted by molar-refractivity contribution is -0.144. The lowest BCUT2D eigenvalue weighted by Crippen LogP contribution is -2.51. The van der Waals surface area contributed by atoms with Gasteiger partial charge in [0.25, 0.3) is 5.91 Å². The molecule has 0 aromatic carbocycles. The SMILES string of the molecule is CCC(C)C(NC(=O)CON=C1C=C2CCC3C4CCC(O)[C@@]4(C)CCC3[C@@]2(C)CC1)C(=O)O. The fraction of sp³-hybridized carbons (Fsp3) is 0.815. The van der Waals surface area contributed by atoms with Crippen LogP contribution in [0.2, 0.25) is 0 Å². The van der Waals surface area contributed by atoms with Gasteiger partial charge in [-0.3, -0.25) is 4.79 Å². The van der Waals surface area contributed by atoms with E-state index in [1.54, 1.807) is 0 Å². The first-order chi connectivity index (χ1) is 16.1. The maximum atomic E-state index is 12.2. The topological polar surface area (TPSA) is 108 Å². The number of aliphatic carboxylic acids is 1. The minimum Gasteiger partial charge on any atom is -0.480 e. The van der Waals surface area contributed by atoms with Crippen LogP contribution < -0.4 is 5.32 Å². The first-order valence-corrected chi connectivity index (χ1v) is 13.2. The molecule has 3 fully saturated rings. The van der Waals surface area contributed by atoms with Crippen molar-refractivity contribution in [2.75, 3.05) is 6.61 Å². The lowest BCUT2D eigenvalue weighted by Gasteiger charge is -2.57. The first kappa shape index (κ1) is 25.2. The van der Waals surface area contributed by atoms with Gasteiger partial charge in [-0.25, -0.2) is 4.79 Å². The van der Waals surface area contributed by atoms with Crippen LogP contribution in [0.3, 0.4) is 0 Å². The number of aliphatic hydroxyl groups is 1. The van der Waals surface area contributed by atoms with Gasteiger partial charge in [-0.2, -0.15) is 0 Å². The molecule has 0 aromatic rings. The summed E-state index contributed by atoms with van der Waals surface area (Å²) in [4.78, 5) is 28.9. The molecule has 7 nitrogen and oxygen atoms in total. The standard InChI is InChI=1S/C27H42N2O5/c1-5-16(2)24(25(32)33)28-23(31)15-34-29-18-10-12-26(3)17(14-18)6-7-19-20-8-9-22(30)27(20,4)13-11-21(19)26/h14,16,19-22,24,30H,5-13,15H2,1-4H3,(H,28,31)(H,32,33)/t16?,19?,20?,21?,22?,24?,26-,27-/m0/s1. The van der Waals surface area contributed by atoms with E-state index >= 15 is 0 Å². The summed E-state index contributed by atoms with van der Waals surface area (Å²) in [6, 6.07) is -0.917. The van der Waals surface area contributed by atoms with Crippen molar-refractivity contribution in [2.45, 2.75) is 97.6 Å². The molecule has 1 amide bonds. The highest BCUT2D eigenvalue weighted by Gasteiger charge is 2.58. The molecule has 0 spiro atoms. The average molecular weight is 475 g/mol. The maximum Gasteiger partial charge on any atom is 0.326 e. The molecule has 4 aliphatic rings. The van der Waals surface area contributed by atoms with Crippen molar-refractivity contribution in [2.24, 2.45) is 39.7 Å². The summed E-state index contributed by atoms with van der Waals surface area (Å²) in [7, 11) is 0. The lowest BCUT2D eigenvalue weighted by atomic mass is 9.47. The third-order valence-electron chi connectivity index (χ3n) is 10.1. The molecule has 0 bridgehead atoms. The fourth-order valence-corrected chi connectivity index (χ4v) is 7.69. The van der Waals surface area contributed by atoms with Crippen LogP contribution in [0.5, 0.6) is 0 Å². The summed E-state index contributed by atoms with van der Waals surface area (Å²) in [5.74, 6) is 0.350. The van der Waals surface area contributed by atoms with Crippen LogP contribution in [0, 0.1) is 34.5 Å². The summed E-state index contributed by atoms with van der Waals surface area (Å²) in [6.07, 6.45) is 11.2. The van der Waals surface area contributed by atoms with E-state index < -0.39 is 17.9 Å². The monoisotopic (exact) mass is 474 g/mol. The Bertz CT molecular complexity index is 869. The van der Waals surface area contributed by atoms with Crippen LogP contribution in [0.25, 0.3) is 0 Å². The zero-order chi connectivity index (χ0) is 24.7. The summed E-state index contributed by atoms with van der Waals surface area (Å²) >= 11 is 0. The number of allylic oxidation sites excluding steroid dienone is 2. The summed E-state index contributed by atoms with van der Waals surface area (Å²) < 4.78 is 0. The molecule has 3 N–H and O–H groups in total. The Labute approximate surface area is 203 Å². The molecule has 4 rings (SSSR count). The number of rotatable bonds is 7. The van der Waals surface area contributed by atoms with Gasteiger partial charge < -0.3 is 20.4 Å². The van der Waals surface area contributed by atoms with Gasteiger partial charge in [0.1, 0.15) is 6.04 Å². The highest BCUT2D eigenvalue weighted by Crippen LogP contribution is 2.65. The summed E-state index contributed by atoms with van der Waals surface area (Å²) in [5.41, 5.74) is 2.60. The number of nitrogens with zero attached hydrogens (tertiary/aromatic N) is 1. The van der Waals surface area contributed by atoms with Crippen molar-refractivity contribution in [1.29, 1.82) is 0 Å². The van der Waals surface area contributed by atoms with Crippen LogP contribution in [-0.4, -0.2) is 46.6 Å². The van der Waals surface area contributed by atoms with Crippen molar-refractivity contribution in [1.82, 2.24) is 5.32 Å². The Hall–Kier alpha value is -1.89. The highest BCUT2D eigenvalue weighted by atomic mass is 16.6. The van der Waals surface area contributed by atoms with Gasteiger partial charge in [0, 0.05) is 0 Å². The van der Waals surface area contributed by atoms with E-state index in [0.29, 0.717) is 24.2 Å². The van der Waals surface area contributed by atoms with E-state index in [1.807, 2.05) is 13.8 Å². The molecular formula is C27H42N2O5. The second-order valence-corrected chi connectivity index (χ2v) is 11.8. The number of carbonyl (C=O) groups is 2. The van der Waals surface area contributed by atoms with Crippen molar-refractivity contribution in [3.63, 3.8) is 0 Å². The number of carboxylic acid groups (broad SMARTS) is 1. The number of amides is 1. The molecule has 3 saturated carbocycles. The van der Waals surface area contributed by atoms with Gasteiger partial charge >= 0.3 is 5.97 Å². The number of fused-ring (bicyclic) bond motifs is 5. The molecule has 0 aliphatic heterocycles. The Morgan fingerprint density at radius 3 is 2.65 bits per heavy atom. The molecule has 0 radical (unpaired) electrons. The van der Waals surface area contributed by atoms with Crippen LogP contribution in [0.1, 0.15) is 85.5 Å². The third-order valence-corrected chi connectivity index (χ3v) is 10.1. The molecule has 6 unspecified atom stereocenters. The minimum atomic E-state index is -1.03. The second-order valence-electron chi connectivity index (χ2n) is 11.8. The normalized spacial score (nSPS) is 39.8. The quantitative estimate of drug-likeness (QED) is 0.477. The van der Waals surface area contributed by atoms with Gasteiger partial charge in [0.15, 0.2) is 6.61 Å². The average Bonchev–Trinajstić information content (AvgIpc) is 3.11. The fourth-order valence-electron chi connectivity index (χ4n) is 7.69. The Kier molecular flexibility index (Phi) is 7.14. The number of hydrogen-bond donors (Lipinski definition) is 3. The number of oxime groups is 1. The van der Waals surface area contributed by atoms with E-state index in [1.165, 1.54) is 18.4 Å². The Morgan fingerprint density at radius 1 is 1.18 bits per heavy atom. The molecule has 0 aromatic heterocycles. The summed E-state index contributed by atoms with van der Waals surface area (Å²) in [5, 5.41) is 26.8. The molecular weight excluding hydrogens is 432 g/mol. The summed E-state index contributed by atoms with van der Waals surface area (Å²) in [6.45, 7) is 8.17. The van der Waals surface area contributed by atoms with E-state index in [9.17, 15) is 19.8 Å². The number of carbonyl (C=O) groups excluding carboxylic acids is 1. The van der Waals surface area contributed by atoms with Gasteiger partial charge in [0.2, 0.25) is 0 Å². The predicted molar refractivity (Wildman–Crippen MR) is 130 cm³/mol. The van der Waals surface area contributed by atoms with E-state index in [-0.39, 0.29) is 29.5 Å². The van der Waals surface area contributed by atoms with Gasteiger partial charge in [0.05, 0.1) is 11.8 Å². The number of carboxylic acids is 1. The van der Waals surface area contributed by atoms with Crippen molar-refractivity contribution in [3.8, 4) is 0 Å². The van der Waals surface area contributed by atoms with Crippen LogP contribution in [0.15, 0.2) is 16.8 Å². The number of hydrogen-bond acceptors (Lipinski definition) is 5. The Balaban J connectivity index is 1.38. The van der Waals surface area contributed by atoms with Gasteiger partial charge in [-0.15, -0.1) is 0 Å². The molecule has 4 aliphatic carbocycles. The predicted octanol–water partition coefficient (Wildman–Crippen LogP) is 4.30. The smallest absolute Gasteiger partial charge is 0.326 e.